The third-order valence-corrected chi connectivity index (χ3v) is 2.88. The topological polar surface area (TPSA) is 84.7 Å². The van der Waals surface area contributed by atoms with Crippen molar-refractivity contribution in [2.24, 2.45) is 5.84 Å². The summed E-state index contributed by atoms with van der Waals surface area (Å²) in [6, 6.07) is 4.67. The van der Waals surface area contributed by atoms with Gasteiger partial charge >= 0.3 is 12.6 Å². The van der Waals surface area contributed by atoms with Crippen molar-refractivity contribution in [3.63, 3.8) is 0 Å². The minimum atomic E-state index is -2.92. The Morgan fingerprint density at radius 1 is 1.32 bits per heavy atom. The van der Waals surface area contributed by atoms with Gasteiger partial charge in [0.15, 0.2) is 0 Å². The molecule has 0 unspecified atom stereocenters. The fourth-order valence-electron chi connectivity index (χ4n) is 1.83. The highest BCUT2D eigenvalue weighted by Crippen LogP contribution is 2.28. The lowest BCUT2D eigenvalue weighted by atomic mass is 9.92. The van der Waals surface area contributed by atoms with Crippen LogP contribution in [0.2, 0.25) is 0 Å². The number of imide groups is 1. The second-order valence-electron chi connectivity index (χ2n) is 4.13. The third kappa shape index (κ3) is 2.22. The number of nitrogens with one attached hydrogen (secondary N) is 1. The van der Waals surface area contributed by atoms with Crippen LogP contribution < -0.4 is 15.9 Å². The number of hydrazine groups is 1. The second kappa shape index (κ2) is 4.47. The quantitative estimate of drug-likeness (QED) is 0.486. The van der Waals surface area contributed by atoms with Crippen molar-refractivity contribution in [1.82, 2.24) is 10.3 Å². The van der Waals surface area contributed by atoms with Crippen LogP contribution in [0, 0.1) is 0 Å². The summed E-state index contributed by atoms with van der Waals surface area (Å²) in [5.74, 6) is 4.62. The molecule has 1 aromatic carbocycles. The van der Waals surface area contributed by atoms with Crippen LogP contribution >= 0.6 is 0 Å². The first-order chi connectivity index (χ1) is 8.84. The first-order valence-corrected chi connectivity index (χ1v) is 5.31. The molecule has 102 valence electrons. The molecule has 19 heavy (non-hydrogen) atoms. The number of carbonyl (C=O) groups excluding carboxylic acids is 2. The van der Waals surface area contributed by atoms with E-state index in [1.807, 2.05) is 0 Å². The van der Waals surface area contributed by atoms with Gasteiger partial charge in [-0.05, 0) is 24.6 Å². The monoisotopic (exact) mass is 271 g/mol. The lowest BCUT2D eigenvalue weighted by molar-refractivity contribution is -0.131. The van der Waals surface area contributed by atoms with Gasteiger partial charge in [-0.2, -0.15) is 13.8 Å². The normalized spacial score (nSPS) is 22.9. The van der Waals surface area contributed by atoms with Crippen LogP contribution in [0.4, 0.5) is 13.6 Å². The molecule has 1 aromatic rings. The maximum Gasteiger partial charge on any atom is 0.387 e. The molecule has 3 N–H and O–H groups in total. The molecule has 1 heterocycles. The summed E-state index contributed by atoms with van der Waals surface area (Å²) in [6.45, 7) is -1.45. The maximum absolute atomic E-state index is 12.0. The highest BCUT2D eigenvalue weighted by molar-refractivity contribution is 6.06. The number of halogens is 2. The van der Waals surface area contributed by atoms with Gasteiger partial charge < -0.3 is 10.1 Å². The molecule has 1 atom stereocenters. The summed E-state index contributed by atoms with van der Waals surface area (Å²) < 4.78 is 28.2. The van der Waals surface area contributed by atoms with E-state index < -0.39 is 24.1 Å². The van der Waals surface area contributed by atoms with Crippen molar-refractivity contribution >= 4 is 11.9 Å². The van der Waals surface area contributed by atoms with Gasteiger partial charge in [0.05, 0.1) is 0 Å². The lowest BCUT2D eigenvalue weighted by Gasteiger charge is -2.21. The van der Waals surface area contributed by atoms with Crippen LogP contribution in [0.15, 0.2) is 24.3 Å². The Kier molecular flexibility index (Phi) is 3.11. The zero-order valence-corrected chi connectivity index (χ0v) is 9.89. The van der Waals surface area contributed by atoms with Gasteiger partial charge in [0.2, 0.25) is 0 Å². The Bertz CT molecular complexity index is 520. The first kappa shape index (κ1) is 13.2. The Morgan fingerprint density at radius 3 is 2.32 bits per heavy atom. The van der Waals surface area contributed by atoms with Gasteiger partial charge in [0.25, 0.3) is 5.91 Å². The van der Waals surface area contributed by atoms with E-state index in [4.69, 9.17) is 5.84 Å². The summed E-state index contributed by atoms with van der Waals surface area (Å²) in [5.41, 5.74) is -0.893. The summed E-state index contributed by atoms with van der Waals surface area (Å²) in [4.78, 5) is 23.2. The Morgan fingerprint density at radius 2 is 1.89 bits per heavy atom. The molecule has 2 rings (SSSR count). The number of hydrogen-bond donors (Lipinski definition) is 2. The molecule has 0 aromatic heterocycles. The standard InChI is InChI=1S/C11H11F2N3O3/c1-11(8(17)16(14)10(18)15-11)6-2-4-7(5-3-6)19-9(12)13/h2-5,9H,14H2,1H3,(H,15,18)/t11-/m0/s1. The average Bonchev–Trinajstić information content (AvgIpc) is 2.54. The van der Waals surface area contributed by atoms with Gasteiger partial charge in [-0.3, -0.25) is 4.79 Å². The number of benzene rings is 1. The largest absolute Gasteiger partial charge is 0.435 e. The van der Waals surface area contributed by atoms with Gasteiger partial charge in [0.1, 0.15) is 11.3 Å². The zero-order chi connectivity index (χ0) is 14.2. The molecule has 6 nitrogen and oxygen atoms in total. The van der Waals surface area contributed by atoms with Crippen molar-refractivity contribution in [2.45, 2.75) is 19.1 Å². The maximum atomic E-state index is 12.0. The molecule has 3 amide bonds. The minimum Gasteiger partial charge on any atom is -0.435 e. The molecule has 0 spiro atoms. The third-order valence-electron chi connectivity index (χ3n) is 2.88. The lowest BCUT2D eigenvalue weighted by Crippen LogP contribution is -2.42. The first-order valence-electron chi connectivity index (χ1n) is 5.31. The Balaban J connectivity index is 2.27. The van der Waals surface area contributed by atoms with Crippen molar-refractivity contribution in [2.75, 3.05) is 0 Å². The fraction of sp³-hybridized carbons (Fsp3) is 0.273. The molecule has 1 saturated heterocycles. The van der Waals surface area contributed by atoms with E-state index >= 15 is 0 Å². The number of urea groups is 1. The molecule has 0 saturated carbocycles. The van der Waals surface area contributed by atoms with E-state index in [2.05, 4.69) is 10.1 Å². The number of alkyl halides is 2. The van der Waals surface area contributed by atoms with Gasteiger partial charge in [-0.1, -0.05) is 12.1 Å². The number of rotatable bonds is 3. The van der Waals surface area contributed by atoms with Crippen molar-refractivity contribution in [1.29, 1.82) is 0 Å². The second-order valence-corrected chi connectivity index (χ2v) is 4.13. The van der Waals surface area contributed by atoms with Crippen LogP contribution in [0.25, 0.3) is 0 Å². The van der Waals surface area contributed by atoms with E-state index in [1.165, 1.54) is 31.2 Å². The predicted molar refractivity (Wildman–Crippen MR) is 60.0 cm³/mol. The number of carbonyl (C=O) groups is 2. The highest BCUT2D eigenvalue weighted by Gasteiger charge is 2.48. The summed E-state index contributed by atoms with van der Waals surface area (Å²) in [5, 5.41) is 2.91. The van der Waals surface area contributed by atoms with E-state index in [0.29, 0.717) is 10.6 Å². The average molecular weight is 271 g/mol. The minimum absolute atomic E-state index is 0.0382. The Labute approximate surface area is 107 Å². The van der Waals surface area contributed by atoms with Crippen LogP contribution in [-0.4, -0.2) is 23.6 Å². The molecule has 1 aliphatic rings. The summed E-state index contributed by atoms with van der Waals surface area (Å²) in [6.07, 6.45) is 0. The molecule has 8 heteroatoms. The molecule has 1 fully saturated rings. The number of nitrogens with two attached hydrogens (primary N) is 1. The zero-order valence-electron chi connectivity index (χ0n) is 9.89. The van der Waals surface area contributed by atoms with Crippen molar-refractivity contribution < 1.29 is 23.1 Å². The molecular formula is C11H11F2N3O3. The van der Waals surface area contributed by atoms with E-state index in [1.54, 1.807) is 0 Å². The number of nitrogens with zero attached hydrogens (tertiary/aromatic N) is 1. The van der Waals surface area contributed by atoms with Crippen molar-refractivity contribution in [3.05, 3.63) is 29.8 Å². The Hall–Kier alpha value is -2.22. The summed E-state index contributed by atoms with van der Waals surface area (Å²) >= 11 is 0. The molecule has 1 aliphatic heterocycles. The predicted octanol–water partition coefficient (Wildman–Crippen LogP) is 0.929. The van der Waals surface area contributed by atoms with Crippen LogP contribution in [0.1, 0.15) is 12.5 Å². The van der Waals surface area contributed by atoms with Crippen LogP contribution in [0.5, 0.6) is 5.75 Å². The molecule has 0 bridgehead atoms. The fourth-order valence-corrected chi connectivity index (χ4v) is 1.83. The van der Waals surface area contributed by atoms with Gasteiger partial charge in [-0.15, -0.1) is 0 Å². The molecule has 0 radical (unpaired) electrons. The number of amides is 3. The van der Waals surface area contributed by atoms with Crippen LogP contribution in [-0.2, 0) is 10.3 Å². The number of hydrogen-bond acceptors (Lipinski definition) is 4. The van der Waals surface area contributed by atoms with Crippen molar-refractivity contribution in [3.8, 4) is 5.75 Å². The number of ether oxygens (including phenoxy) is 1. The van der Waals surface area contributed by atoms with E-state index in [0.717, 1.165) is 0 Å². The molecular weight excluding hydrogens is 260 g/mol. The summed E-state index contributed by atoms with van der Waals surface area (Å²) in [7, 11) is 0. The van der Waals surface area contributed by atoms with Gasteiger partial charge in [0, 0.05) is 0 Å². The SMILES string of the molecule is C[C@@]1(c2ccc(OC(F)F)cc2)NC(=O)N(N)C1=O. The molecule has 0 aliphatic carbocycles. The van der Waals surface area contributed by atoms with E-state index in [-0.39, 0.29) is 5.75 Å². The van der Waals surface area contributed by atoms with E-state index in [9.17, 15) is 18.4 Å². The van der Waals surface area contributed by atoms with Gasteiger partial charge in [-0.25, -0.2) is 10.6 Å². The van der Waals surface area contributed by atoms with Crippen LogP contribution in [0.3, 0.4) is 0 Å². The highest BCUT2D eigenvalue weighted by atomic mass is 19.3. The smallest absolute Gasteiger partial charge is 0.387 e.